The first-order valence-electron chi connectivity index (χ1n) is 12.2. The predicted octanol–water partition coefficient (Wildman–Crippen LogP) is 5.03. The molecule has 0 atom stereocenters. The van der Waals surface area contributed by atoms with Gasteiger partial charge in [-0.15, -0.1) is 0 Å². The highest BCUT2D eigenvalue weighted by Gasteiger charge is 2.26. The lowest BCUT2D eigenvalue weighted by Crippen LogP contribution is -2.32. The molecule has 2 N–H and O–H groups in total. The summed E-state index contributed by atoms with van der Waals surface area (Å²) in [6.45, 7) is 3.81. The zero-order valence-electron chi connectivity index (χ0n) is 21.8. The van der Waals surface area contributed by atoms with Crippen LogP contribution in [0.5, 0.6) is 0 Å². The van der Waals surface area contributed by atoms with Crippen molar-refractivity contribution in [2.45, 2.75) is 31.8 Å². The van der Waals surface area contributed by atoms with Crippen LogP contribution in [0.3, 0.4) is 0 Å². The average molecular weight is 579 g/mol. The minimum atomic E-state index is -3.86. The molecule has 0 saturated heterocycles. The van der Waals surface area contributed by atoms with Crippen molar-refractivity contribution in [3.05, 3.63) is 118 Å². The van der Waals surface area contributed by atoms with Crippen molar-refractivity contribution < 1.29 is 22.4 Å². The third-order valence-corrected chi connectivity index (χ3v) is 7.77. The van der Waals surface area contributed by atoms with Gasteiger partial charge >= 0.3 is 11.8 Å². The quantitative estimate of drug-likeness (QED) is 0.164. The Morgan fingerprint density at radius 3 is 2.25 bits per heavy atom. The summed E-state index contributed by atoms with van der Waals surface area (Å²) in [6, 6.07) is 23.7. The second-order valence-corrected chi connectivity index (χ2v) is 11.4. The van der Waals surface area contributed by atoms with Gasteiger partial charge < -0.3 is 9.73 Å². The van der Waals surface area contributed by atoms with Gasteiger partial charge in [0.15, 0.2) is 0 Å². The van der Waals surface area contributed by atoms with Crippen LogP contribution in [-0.4, -0.2) is 30.8 Å². The van der Waals surface area contributed by atoms with Crippen LogP contribution in [0.4, 0.5) is 5.69 Å². The SMILES string of the molecule is Cc1cc(C)cc(NC(=O)C(=O)N/N=C/c2ccc(CN(Cc3ccc(Cl)cc3)S(=O)(=O)c3ccccc3)o2)c1. The number of carbonyl (C=O) groups excluding carboxylic acids is 2. The van der Waals surface area contributed by atoms with E-state index in [2.05, 4.69) is 15.8 Å². The predicted molar refractivity (Wildman–Crippen MR) is 153 cm³/mol. The van der Waals surface area contributed by atoms with Crippen LogP contribution in [0.1, 0.15) is 28.2 Å². The van der Waals surface area contributed by atoms with Crippen molar-refractivity contribution in [2.75, 3.05) is 5.32 Å². The summed E-state index contributed by atoms with van der Waals surface area (Å²) in [7, 11) is -3.86. The van der Waals surface area contributed by atoms with Crippen LogP contribution in [0.25, 0.3) is 0 Å². The van der Waals surface area contributed by atoms with E-state index in [1.54, 1.807) is 66.7 Å². The number of furan rings is 1. The molecule has 2 amide bonds. The number of amides is 2. The van der Waals surface area contributed by atoms with Crippen molar-refractivity contribution in [2.24, 2.45) is 5.10 Å². The molecule has 0 spiro atoms. The van der Waals surface area contributed by atoms with Gasteiger partial charge in [-0.1, -0.05) is 48.0 Å². The lowest BCUT2D eigenvalue weighted by molar-refractivity contribution is -0.136. The number of benzene rings is 3. The van der Waals surface area contributed by atoms with E-state index < -0.39 is 21.8 Å². The summed E-state index contributed by atoms with van der Waals surface area (Å²) in [5.41, 5.74) is 5.31. The second kappa shape index (κ2) is 12.7. The molecule has 9 nitrogen and oxygen atoms in total. The van der Waals surface area contributed by atoms with E-state index in [-0.39, 0.29) is 23.7 Å². The molecule has 40 heavy (non-hydrogen) atoms. The van der Waals surface area contributed by atoms with E-state index >= 15 is 0 Å². The van der Waals surface area contributed by atoms with E-state index in [1.807, 2.05) is 19.9 Å². The molecule has 0 aliphatic carbocycles. The molecular formula is C29H27ClN4O5S. The maximum absolute atomic E-state index is 13.4. The van der Waals surface area contributed by atoms with Crippen LogP contribution in [0, 0.1) is 13.8 Å². The first-order chi connectivity index (χ1) is 19.1. The van der Waals surface area contributed by atoms with Crippen LogP contribution in [0.2, 0.25) is 5.02 Å². The number of hydrogen-bond acceptors (Lipinski definition) is 6. The van der Waals surface area contributed by atoms with Crippen molar-refractivity contribution in [1.82, 2.24) is 9.73 Å². The lowest BCUT2D eigenvalue weighted by atomic mass is 10.1. The molecule has 4 rings (SSSR count). The largest absolute Gasteiger partial charge is 0.459 e. The number of aryl methyl sites for hydroxylation is 2. The number of carbonyl (C=O) groups is 2. The first-order valence-corrected chi connectivity index (χ1v) is 14.0. The molecule has 1 aromatic heterocycles. The highest BCUT2D eigenvalue weighted by molar-refractivity contribution is 7.89. The van der Waals surface area contributed by atoms with Crippen molar-refractivity contribution in [3.8, 4) is 0 Å². The molecule has 11 heteroatoms. The van der Waals surface area contributed by atoms with Crippen LogP contribution in [-0.2, 0) is 32.7 Å². The summed E-state index contributed by atoms with van der Waals surface area (Å²) < 4.78 is 33.9. The Labute approximate surface area is 237 Å². The fraction of sp³-hybridized carbons (Fsp3) is 0.138. The molecule has 0 saturated carbocycles. The van der Waals surface area contributed by atoms with E-state index in [0.29, 0.717) is 16.5 Å². The summed E-state index contributed by atoms with van der Waals surface area (Å²) in [6.07, 6.45) is 1.22. The van der Waals surface area contributed by atoms with Crippen LogP contribution < -0.4 is 10.7 Å². The molecular weight excluding hydrogens is 552 g/mol. The first kappa shape index (κ1) is 28.8. The third kappa shape index (κ3) is 7.66. The number of rotatable bonds is 9. The minimum Gasteiger partial charge on any atom is -0.459 e. The van der Waals surface area contributed by atoms with E-state index in [9.17, 15) is 18.0 Å². The number of anilines is 1. The van der Waals surface area contributed by atoms with Crippen molar-refractivity contribution in [3.63, 3.8) is 0 Å². The number of halogens is 1. The molecule has 0 bridgehead atoms. The minimum absolute atomic E-state index is 0.0572. The standard InChI is InChI=1S/C29H27ClN4O5S/c1-20-14-21(2)16-24(15-20)32-28(35)29(36)33-31-17-25-12-13-26(39-25)19-34(18-22-8-10-23(30)11-9-22)40(37,38)27-6-4-3-5-7-27/h3-17H,18-19H2,1-2H3,(H,32,35)(H,33,36)/b31-17+. The number of nitrogens with one attached hydrogen (secondary N) is 2. The molecule has 3 aromatic carbocycles. The Hall–Kier alpha value is -4.25. The molecule has 206 valence electrons. The van der Waals surface area contributed by atoms with Gasteiger partial charge in [-0.2, -0.15) is 9.41 Å². The molecule has 0 unspecified atom stereocenters. The Bertz CT molecular complexity index is 1610. The average Bonchev–Trinajstić information content (AvgIpc) is 3.36. The fourth-order valence-electron chi connectivity index (χ4n) is 3.92. The number of hydrazone groups is 1. The molecule has 0 aliphatic heterocycles. The Morgan fingerprint density at radius 1 is 0.900 bits per heavy atom. The van der Waals surface area contributed by atoms with Crippen LogP contribution in [0.15, 0.2) is 99.3 Å². The Balaban J connectivity index is 1.43. The topological polar surface area (TPSA) is 121 Å². The maximum atomic E-state index is 13.4. The molecule has 0 radical (unpaired) electrons. The normalized spacial score (nSPS) is 11.6. The second-order valence-electron chi connectivity index (χ2n) is 9.05. The summed E-state index contributed by atoms with van der Waals surface area (Å²) >= 11 is 5.99. The zero-order valence-corrected chi connectivity index (χ0v) is 23.4. The summed E-state index contributed by atoms with van der Waals surface area (Å²) in [4.78, 5) is 24.5. The molecule has 4 aromatic rings. The van der Waals surface area contributed by atoms with E-state index in [4.69, 9.17) is 16.0 Å². The van der Waals surface area contributed by atoms with Gasteiger partial charge in [0.2, 0.25) is 10.0 Å². The fourth-order valence-corrected chi connectivity index (χ4v) is 5.46. The van der Waals surface area contributed by atoms with Gasteiger partial charge in [0, 0.05) is 17.3 Å². The van der Waals surface area contributed by atoms with Gasteiger partial charge in [0.05, 0.1) is 17.7 Å². The number of nitrogens with zero attached hydrogens (tertiary/aromatic N) is 2. The summed E-state index contributed by atoms with van der Waals surface area (Å²) in [5.74, 6) is -1.21. The smallest absolute Gasteiger partial charge is 0.329 e. The van der Waals surface area contributed by atoms with Crippen LogP contribution >= 0.6 is 11.6 Å². The van der Waals surface area contributed by atoms with Gasteiger partial charge in [0.1, 0.15) is 11.5 Å². The van der Waals surface area contributed by atoms with Gasteiger partial charge in [-0.05, 0) is 79.1 Å². The number of hydrogen-bond donors (Lipinski definition) is 2. The van der Waals surface area contributed by atoms with E-state index in [1.165, 1.54) is 22.7 Å². The van der Waals surface area contributed by atoms with Gasteiger partial charge in [-0.25, -0.2) is 13.8 Å². The van der Waals surface area contributed by atoms with Crippen molar-refractivity contribution >= 4 is 45.3 Å². The maximum Gasteiger partial charge on any atom is 0.329 e. The zero-order chi connectivity index (χ0) is 28.7. The third-order valence-electron chi connectivity index (χ3n) is 5.71. The summed E-state index contributed by atoms with van der Waals surface area (Å²) in [5, 5.41) is 6.86. The highest BCUT2D eigenvalue weighted by Crippen LogP contribution is 2.22. The molecule has 0 fully saturated rings. The monoisotopic (exact) mass is 578 g/mol. The molecule has 0 aliphatic rings. The highest BCUT2D eigenvalue weighted by atomic mass is 35.5. The van der Waals surface area contributed by atoms with Crippen molar-refractivity contribution in [1.29, 1.82) is 0 Å². The van der Waals surface area contributed by atoms with Gasteiger partial charge in [-0.3, -0.25) is 9.59 Å². The lowest BCUT2D eigenvalue weighted by Gasteiger charge is -2.21. The van der Waals surface area contributed by atoms with E-state index in [0.717, 1.165) is 16.7 Å². The molecule has 1 heterocycles. The Morgan fingerprint density at radius 2 is 1.57 bits per heavy atom. The Kier molecular flexibility index (Phi) is 9.15. The van der Waals surface area contributed by atoms with Gasteiger partial charge in [0.25, 0.3) is 0 Å². The number of sulfonamides is 1.